The first kappa shape index (κ1) is 16.0. The maximum absolute atomic E-state index is 12.2. The predicted molar refractivity (Wildman–Crippen MR) is 88.3 cm³/mol. The van der Waals surface area contributed by atoms with Crippen LogP contribution in [-0.4, -0.2) is 44.9 Å². The summed E-state index contributed by atoms with van der Waals surface area (Å²) in [7, 11) is 0. The topological polar surface area (TPSA) is 87.5 Å². The first-order chi connectivity index (χ1) is 11.6. The highest BCUT2D eigenvalue weighted by atomic mass is 16.4. The van der Waals surface area contributed by atoms with E-state index in [1.807, 2.05) is 37.3 Å². The molecule has 1 aromatic heterocycles. The highest BCUT2D eigenvalue weighted by Gasteiger charge is 2.30. The third-order valence-corrected chi connectivity index (χ3v) is 4.07. The number of carboxylic acids is 1. The van der Waals surface area contributed by atoms with Gasteiger partial charge in [-0.05, 0) is 18.6 Å². The predicted octanol–water partition coefficient (Wildman–Crippen LogP) is 2.05. The van der Waals surface area contributed by atoms with Gasteiger partial charge in [0.05, 0.1) is 17.9 Å². The summed E-state index contributed by atoms with van der Waals surface area (Å²) >= 11 is 0. The number of nitrogens with one attached hydrogen (secondary N) is 1. The molecule has 2 heterocycles. The molecule has 0 aliphatic carbocycles. The Morgan fingerprint density at radius 3 is 2.71 bits per heavy atom. The molecule has 0 saturated carbocycles. The van der Waals surface area contributed by atoms with Gasteiger partial charge in [-0.3, -0.25) is 0 Å². The minimum Gasteiger partial charge on any atom is -0.476 e. The molecule has 0 fully saturated rings. The normalized spacial score (nSPS) is 13.5. The van der Waals surface area contributed by atoms with Crippen LogP contribution in [0.5, 0.6) is 0 Å². The van der Waals surface area contributed by atoms with Crippen LogP contribution in [0.1, 0.15) is 35.1 Å². The fourth-order valence-corrected chi connectivity index (χ4v) is 2.89. The number of carbonyl (C=O) groups is 2. The number of hydrogen-bond donors (Lipinski definition) is 2. The number of urea groups is 1. The van der Waals surface area contributed by atoms with Gasteiger partial charge < -0.3 is 15.3 Å². The van der Waals surface area contributed by atoms with E-state index < -0.39 is 5.97 Å². The van der Waals surface area contributed by atoms with Gasteiger partial charge in [0, 0.05) is 25.1 Å². The number of para-hydroxylation sites is 1. The second-order valence-corrected chi connectivity index (χ2v) is 5.73. The summed E-state index contributed by atoms with van der Waals surface area (Å²) in [6.07, 6.45) is 1.43. The summed E-state index contributed by atoms with van der Waals surface area (Å²) in [4.78, 5) is 25.4. The first-order valence-corrected chi connectivity index (χ1v) is 8.04. The molecule has 126 valence electrons. The van der Waals surface area contributed by atoms with E-state index in [9.17, 15) is 14.7 Å². The molecule has 7 heteroatoms. The Kier molecular flexibility index (Phi) is 4.50. The third kappa shape index (κ3) is 2.97. The Labute approximate surface area is 139 Å². The average molecular weight is 328 g/mol. The number of aromatic nitrogens is 2. The Morgan fingerprint density at radius 2 is 2.04 bits per heavy atom. The lowest BCUT2D eigenvalue weighted by Crippen LogP contribution is -2.43. The number of nitrogens with zero attached hydrogens (tertiary/aromatic N) is 3. The smallest absolute Gasteiger partial charge is 0.356 e. The van der Waals surface area contributed by atoms with Gasteiger partial charge in [-0.25, -0.2) is 14.3 Å². The molecule has 0 bridgehead atoms. The number of fused-ring (bicyclic) bond motifs is 1. The van der Waals surface area contributed by atoms with Crippen LogP contribution in [0.4, 0.5) is 4.79 Å². The van der Waals surface area contributed by atoms with Crippen LogP contribution in [0.15, 0.2) is 30.3 Å². The van der Waals surface area contributed by atoms with Crippen LogP contribution in [0.2, 0.25) is 0 Å². The van der Waals surface area contributed by atoms with Crippen molar-refractivity contribution in [1.82, 2.24) is 20.0 Å². The van der Waals surface area contributed by atoms with Crippen LogP contribution in [0.25, 0.3) is 5.69 Å². The number of rotatable bonds is 4. The summed E-state index contributed by atoms with van der Waals surface area (Å²) in [5.74, 6) is -1.07. The summed E-state index contributed by atoms with van der Waals surface area (Å²) in [6.45, 7) is 3.40. The standard InChI is InChI=1S/C17H20N4O3/c1-2-9-18-17(24)20-10-8-14-13(11-20)15(16(22)23)19-21(14)12-6-4-3-5-7-12/h3-7H,2,8-11H2,1H3,(H,18,24)(H,22,23). The van der Waals surface area contributed by atoms with E-state index in [0.29, 0.717) is 25.1 Å². The van der Waals surface area contributed by atoms with Gasteiger partial charge in [0.25, 0.3) is 0 Å². The molecule has 7 nitrogen and oxygen atoms in total. The van der Waals surface area contributed by atoms with Crippen LogP contribution >= 0.6 is 0 Å². The molecule has 0 atom stereocenters. The van der Waals surface area contributed by atoms with E-state index in [1.54, 1.807) is 9.58 Å². The minimum atomic E-state index is -1.07. The second-order valence-electron chi connectivity index (χ2n) is 5.73. The fourth-order valence-electron chi connectivity index (χ4n) is 2.89. The highest BCUT2D eigenvalue weighted by Crippen LogP contribution is 2.25. The highest BCUT2D eigenvalue weighted by molar-refractivity contribution is 5.88. The molecular formula is C17H20N4O3. The Hall–Kier alpha value is -2.83. The number of benzene rings is 1. The summed E-state index contributed by atoms with van der Waals surface area (Å²) < 4.78 is 1.68. The fraction of sp³-hybridized carbons (Fsp3) is 0.353. The SMILES string of the molecule is CCCNC(=O)N1CCc2c(c(C(=O)O)nn2-c2ccccc2)C1. The van der Waals surface area contributed by atoms with Crippen molar-refractivity contribution in [2.24, 2.45) is 0 Å². The van der Waals surface area contributed by atoms with E-state index >= 15 is 0 Å². The van der Waals surface area contributed by atoms with E-state index in [4.69, 9.17) is 0 Å². The third-order valence-electron chi connectivity index (χ3n) is 4.07. The molecule has 2 amide bonds. The van der Waals surface area contributed by atoms with Crippen LogP contribution in [-0.2, 0) is 13.0 Å². The molecule has 0 radical (unpaired) electrons. The zero-order valence-corrected chi connectivity index (χ0v) is 13.5. The van der Waals surface area contributed by atoms with Gasteiger partial charge in [-0.15, -0.1) is 0 Å². The zero-order chi connectivity index (χ0) is 17.1. The molecule has 0 spiro atoms. The Morgan fingerprint density at radius 1 is 1.29 bits per heavy atom. The largest absolute Gasteiger partial charge is 0.476 e. The van der Waals surface area contributed by atoms with Crippen molar-refractivity contribution in [2.45, 2.75) is 26.3 Å². The summed E-state index contributed by atoms with van der Waals surface area (Å²) in [5.41, 5.74) is 2.31. The van der Waals surface area contributed by atoms with Crippen molar-refractivity contribution < 1.29 is 14.7 Å². The Balaban J connectivity index is 1.94. The van der Waals surface area contributed by atoms with Gasteiger partial charge in [0.1, 0.15) is 0 Å². The number of amides is 2. The lowest BCUT2D eigenvalue weighted by atomic mass is 10.1. The molecule has 2 N–H and O–H groups in total. The number of carbonyl (C=O) groups excluding carboxylic acids is 1. The molecule has 24 heavy (non-hydrogen) atoms. The first-order valence-electron chi connectivity index (χ1n) is 8.04. The lowest BCUT2D eigenvalue weighted by Gasteiger charge is -2.27. The van der Waals surface area contributed by atoms with E-state index in [1.165, 1.54) is 0 Å². The van der Waals surface area contributed by atoms with Crippen molar-refractivity contribution in [3.05, 3.63) is 47.3 Å². The molecular weight excluding hydrogens is 308 g/mol. The van der Waals surface area contributed by atoms with Crippen molar-refractivity contribution >= 4 is 12.0 Å². The average Bonchev–Trinajstić information content (AvgIpc) is 2.99. The number of hydrogen-bond acceptors (Lipinski definition) is 3. The number of carboxylic acid groups (broad SMARTS) is 1. The molecule has 0 unspecified atom stereocenters. The van der Waals surface area contributed by atoms with Crippen molar-refractivity contribution in [1.29, 1.82) is 0 Å². The van der Waals surface area contributed by atoms with E-state index in [0.717, 1.165) is 17.8 Å². The van der Waals surface area contributed by atoms with Crippen LogP contribution in [0, 0.1) is 0 Å². The molecule has 0 saturated heterocycles. The molecule has 1 aliphatic heterocycles. The number of aromatic carboxylic acids is 1. The second kappa shape index (κ2) is 6.74. The van der Waals surface area contributed by atoms with E-state index in [2.05, 4.69) is 10.4 Å². The maximum atomic E-state index is 12.2. The van der Waals surface area contributed by atoms with Crippen LogP contribution in [0.3, 0.4) is 0 Å². The quantitative estimate of drug-likeness (QED) is 0.899. The van der Waals surface area contributed by atoms with Crippen molar-refractivity contribution in [3.8, 4) is 5.69 Å². The summed E-state index contributed by atoms with van der Waals surface area (Å²) in [5, 5.41) is 16.6. The zero-order valence-electron chi connectivity index (χ0n) is 13.5. The van der Waals surface area contributed by atoms with E-state index in [-0.39, 0.29) is 18.3 Å². The summed E-state index contributed by atoms with van der Waals surface area (Å²) in [6, 6.07) is 9.29. The lowest BCUT2D eigenvalue weighted by molar-refractivity contribution is 0.0687. The molecule has 2 aromatic rings. The van der Waals surface area contributed by atoms with Gasteiger partial charge in [0.15, 0.2) is 5.69 Å². The maximum Gasteiger partial charge on any atom is 0.356 e. The molecule has 1 aromatic carbocycles. The van der Waals surface area contributed by atoms with Crippen molar-refractivity contribution in [2.75, 3.05) is 13.1 Å². The molecule has 1 aliphatic rings. The van der Waals surface area contributed by atoms with Gasteiger partial charge in [0.2, 0.25) is 0 Å². The van der Waals surface area contributed by atoms with Gasteiger partial charge in [-0.2, -0.15) is 5.10 Å². The van der Waals surface area contributed by atoms with Gasteiger partial charge in [-0.1, -0.05) is 25.1 Å². The van der Waals surface area contributed by atoms with Crippen molar-refractivity contribution in [3.63, 3.8) is 0 Å². The Bertz CT molecular complexity index is 755. The molecule has 3 rings (SSSR count). The monoisotopic (exact) mass is 328 g/mol. The van der Waals surface area contributed by atoms with Crippen LogP contribution < -0.4 is 5.32 Å². The van der Waals surface area contributed by atoms with Gasteiger partial charge >= 0.3 is 12.0 Å². The minimum absolute atomic E-state index is 0.0156.